The van der Waals surface area contributed by atoms with Gasteiger partial charge in [-0.3, -0.25) is 14.9 Å². The van der Waals surface area contributed by atoms with Crippen molar-refractivity contribution in [3.05, 3.63) is 65.6 Å². The maximum atomic E-state index is 13.7. The molecule has 1 aliphatic heterocycles. The van der Waals surface area contributed by atoms with E-state index in [2.05, 4.69) is 15.5 Å². The fraction of sp³-hybridized carbons (Fsp3) is 0.200. The van der Waals surface area contributed by atoms with Crippen molar-refractivity contribution in [2.75, 3.05) is 23.0 Å². The van der Waals surface area contributed by atoms with Gasteiger partial charge in [-0.2, -0.15) is 0 Å². The Morgan fingerprint density at radius 1 is 1.17 bits per heavy atom. The van der Waals surface area contributed by atoms with Crippen LogP contribution in [0, 0.1) is 11.6 Å². The summed E-state index contributed by atoms with van der Waals surface area (Å²) in [6, 6.07) is 10.4. The SMILES string of the molecule is CSc1ccc(N2C[C@@H](c3nnc(NC(=O)c4c(F)cccc4F)o3)CC2=O)cc1. The quantitative estimate of drug-likeness (QED) is 0.619. The zero-order valence-corrected chi connectivity index (χ0v) is 16.6. The average molecular weight is 430 g/mol. The number of aromatic nitrogens is 2. The standard InChI is InChI=1S/C20H16F2N4O3S/c1-30-13-7-5-12(6-8-13)26-10-11(9-16(26)27)19-24-25-20(29-19)23-18(28)17-14(21)3-2-4-15(17)22/h2-8,11H,9-10H2,1H3,(H,23,25,28)/t11-/m0/s1. The zero-order chi connectivity index (χ0) is 21.3. The zero-order valence-electron chi connectivity index (χ0n) is 15.8. The minimum Gasteiger partial charge on any atom is -0.407 e. The summed E-state index contributed by atoms with van der Waals surface area (Å²) < 4.78 is 32.9. The van der Waals surface area contributed by atoms with Crippen molar-refractivity contribution in [1.29, 1.82) is 0 Å². The van der Waals surface area contributed by atoms with Crippen molar-refractivity contribution in [1.82, 2.24) is 10.2 Å². The molecule has 0 saturated carbocycles. The van der Waals surface area contributed by atoms with Gasteiger partial charge in [0.15, 0.2) is 0 Å². The van der Waals surface area contributed by atoms with Crippen LogP contribution in [0.4, 0.5) is 20.5 Å². The van der Waals surface area contributed by atoms with Gasteiger partial charge < -0.3 is 9.32 Å². The van der Waals surface area contributed by atoms with Crippen molar-refractivity contribution in [2.24, 2.45) is 0 Å². The third-order valence-electron chi connectivity index (χ3n) is 4.71. The maximum Gasteiger partial charge on any atom is 0.322 e. The Balaban J connectivity index is 1.46. The minimum absolute atomic E-state index is 0.0888. The number of halogens is 2. The van der Waals surface area contributed by atoms with Crippen LogP contribution in [0.1, 0.15) is 28.6 Å². The summed E-state index contributed by atoms with van der Waals surface area (Å²) in [6.07, 6.45) is 2.14. The summed E-state index contributed by atoms with van der Waals surface area (Å²) in [7, 11) is 0. The van der Waals surface area contributed by atoms with E-state index in [-0.39, 0.29) is 30.2 Å². The lowest BCUT2D eigenvalue weighted by molar-refractivity contribution is -0.117. The molecule has 1 atom stereocenters. The van der Waals surface area contributed by atoms with Gasteiger partial charge in [0.05, 0.1) is 5.92 Å². The fourth-order valence-corrected chi connectivity index (χ4v) is 3.62. The number of benzene rings is 2. The van der Waals surface area contributed by atoms with E-state index >= 15 is 0 Å². The number of hydrogen-bond acceptors (Lipinski definition) is 6. The van der Waals surface area contributed by atoms with Crippen LogP contribution in [0.5, 0.6) is 0 Å². The van der Waals surface area contributed by atoms with Gasteiger partial charge in [-0.15, -0.1) is 16.9 Å². The predicted octanol–water partition coefficient (Wildman–Crippen LogP) is 3.84. The van der Waals surface area contributed by atoms with E-state index in [0.717, 1.165) is 28.8 Å². The molecule has 1 fully saturated rings. The molecule has 0 bridgehead atoms. The van der Waals surface area contributed by atoms with Gasteiger partial charge in [-0.25, -0.2) is 8.78 Å². The first-order valence-electron chi connectivity index (χ1n) is 8.99. The van der Waals surface area contributed by atoms with E-state index in [1.54, 1.807) is 16.7 Å². The van der Waals surface area contributed by atoms with Gasteiger partial charge in [0, 0.05) is 23.5 Å². The number of nitrogens with one attached hydrogen (secondary N) is 1. The summed E-state index contributed by atoms with van der Waals surface area (Å²) in [6.45, 7) is 0.342. The van der Waals surface area contributed by atoms with E-state index in [4.69, 9.17) is 4.42 Å². The molecule has 2 aromatic carbocycles. The van der Waals surface area contributed by atoms with Crippen LogP contribution < -0.4 is 10.2 Å². The van der Waals surface area contributed by atoms with E-state index in [0.29, 0.717) is 6.54 Å². The lowest BCUT2D eigenvalue weighted by Gasteiger charge is -2.16. The number of carbonyl (C=O) groups is 2. The molecule has 1 aromatic heterocycles. The van der Waals surface area contributed by atoms with Crippen LogP contribution in [0.15, 0.2) is 51.8 Å². The molecule has 1 aliphatic rings. The molecular weight excluding hydrogens is 414 g/mol. The minimum atomic E-state index is -1.04. The highest BCUT2D eigenvalue weighted by molar-refractivity contribution is 7.98. The van der Waals surface area contributed by atoms with Gasteiger partial charge in [0.25, 0.3) is 5.91 Å². The van der Waals surface area contributed by atoms with Crippen LogP contribution in [0.3, 0.4) is 0 Å². The van der Waals surface area contributed by atoms with Gasteiger partial charge in [-0.1, -0.05) is 11.2 Å². The molecular formula is C20H16F2N4O3S. The molecule has 0 aliphatic carbocycles. The number of thioether (sulfide) groups is 1. The molecule has 10 heteroatoms. The van der Waals surface area contributed by atoms with Gasteiger partial charge in [0.1, 0.15) is 17.2 Å². The molecule has 30 heavy (non-hydrogen) atoms. The molecule has 0 radical (unpaired) electrons. The van der Waals surface area contributed by atoms with Crippen molar-refractivity contribution in [3.8, 4) is 0 Å². The lowest BCUT2D eigenvalue weighted by atomic mass is 10.1. The number of hydrogen-bond donors (Lipinski definition) is 1. The highest BCUT2D eigenvalue weighted by atomic mass is 32.2. The van der Waals surface area contributed by atoms with Crippen LogP contribution in [0.2, 0.25) is 0 Å². The summed E-state index contributed by atoms with van der Waals surface area (Å²) >= 11 is 1.61. The van der Waals surface area contributed by atoms with Crippen molar-refractivity contribution < 1.29 is 22.8 Å². The Morgan fingerprint density at radius 3 is 2.53 bits per heavy atom. The van der Waals surface area contributed by atoms with Crippen molar-refractivity contribution >= 4 is 35.3 Å². The predicted molar refractivity (Wildman–Crippen MR) is 107 cm³/mol. The van der Waals surface area contributed by atoms with E-state index in [1.165, 1.54) is 0 Å². The Morgan fingerprint density at radius 2 is 1.87 bits per heavy atom. The smallest absolute Gasteiger partial charge is 0.322 e. The fourth-order valence-electron chi connectivity index (χ4n) is 3.21. The van der Waals surface area contributed by atoms with Crippen LogP contribution in [0.25, 0.3) is 0 Å². The van der Waals surface area contributed by atoms with Crippen LogP contribution in [-0.2, 0) is 4.79 Å². The molecule has 3 aromatic rings. The van der Waals surface area contributed by atoms with E-state index < -0.39 is 23.1 Å². The number of nitrogens with zero attached hydrogens (tertiary/aromatic N) is 3. The average Bonchev–Trinajstić information content (AvgIpc) is 3.34. The maximum absolute atomic E-state index is 13.7. The molecule has 2 amide bonds. The number of rotatable bonds is 5. The number of carbonyl (C=O) groups excluding carboxylic acids is 2. The van der Waals surface area contributed by atoms with E-state index in [1.807, 2.05) is 30.5 Å². The van der Waals surface area contributed by atoms with Crippen molar-refractivity contribution in [2.45, 2.75) is 17.2 Å². The second-order valence-corrected chi connectivity index (χ2v) is 7.48. The first-order chi connectivity index (χ1) is 14.5. The second kappa shape index (κ2) is 8.23. The van der Waals surface area contributed by atoms with Gasteiger partial charge in [0.2, 0.25) is 11.8 Å². The first-order valence-corrected chi connectivity index (χ1v) is 10.2. The first kappa shape index (κ1) is 20.0. The monoisotopic (exact) mass is 430 g/mol. The summed E-state index contributed by atoms with van der Waals surface area (Å²) in [5, 5.41) is 9.77. The topological polar surface area (TPSA) is 88.3 Å². The number of amides is 2. The molecule has 7 nitrogen and oxygen atoms in total. The summed E-state index contributed by atoms with van der Waals surface area (Å²) in [5.74, 6) is -3.33. The van der Waals surface area contributed by atoms with Crippen molar-refractivity contribution in [3.63, 3.8) is 0 Å². The van der Waals surface area contributed by atoms with E-state index in [9.17, 15) is 18.4 Å². The third kappa shape index (κ3) is 3.90. The Hall–Kier alpha value is -3.27. The third-order valence-corrected chi connectivity index (χ3v) is 5.45. The van der Waals surface area contributed by atoms with Gasteiger partial charge in [-0.05, 0) is 42.7 Å². The Bertz CT molecular complexity index is 1080. The molecule has 1 saturated heterocycles. The molecule has 1 N–H and O–H groups in total. The highest BCUT2D eigenvalue weighted by Crippen LogP contribution is 2.32. The Labute approximate surface area is 174 Å². The summed E-state index contributed by atoms with van der Waals surface area (Å²) in [5.41, 5.74) is 0.0246. The largest absolute Gasteiger partial charge is 0.407 e. The van der Waals surface area contributed by atoms with Crippen LogP contribution in [-0.4, -0.2) is 34.8 Å². The van der Waals surface area contributed by atoms with Gasteiger partial charge >= 0.3 is 6.01 Å². The normalized spacial score (nSPS) is 16.2. The molecule has 154 valence electrons. The molecule has 2 heterocycles. The molecule has 0 unspecified atom stereocenters. The lowest BCUT2D eigenvalue weighted by Crippen LogP contribution is -2.24. The number of anilines is 2. The summed E-state index contributed by atoms with van der Waals surface area (Å²) in [4.78, 5) is 27.3. The highest BCUT2D eigenvalue weighted by Gasteiger charge is 2.35. The second-order valence-electron chi connectivity index (χ2n) is 6.60. The molecule has 0 spiro atoms. The molecule has 4 rings (SSSR count). The van der Waals surface area contributed by atoms with Crippen LogP contribution >= 0.6 is 11.8 Å². The Kier molecular flexibility index (Phi) is 5.49.